The Morgan fingerprint density at radius 1 is 1.50 bits per heavy atom. The average molecular weight is 216 g/mol. The molecule has 0 bridgehead atoms. The van der Waals surface area contributed by atoms with Crippen LogP contribution in [0, 0.1) is 0 Å². The molecule has 0 fully saturated rings. The molecule has 0 aliphatic heterocycles. The zero-order valence-electron chi connectivity index (χ0n) is 6.80. The molecule has 0 radical (unpaired) electrons. The van der Waals surface area contributed by atoms with E-state index < -0.39 is 8.69 Å². The second-order valence-corrected chi connectivity index (χ2v) is 2.52. The summed E-state index contributed by atoms with van der Waals surface area (Å²) in [6.07, 6.45) is 3.36. The van der Waals surface area contributed by atoms with E-state index in [0.717, 1.165) is 19.3 Å². The summed E-state index contributed by atoms with van der Waals surface area (Å²) >= 11 is 0. The summed E-state index contributed by atoms with van der Waals surface area (Å²) in [5.74, 6) is 0. The van der Waals surface area contributed by atoms with E-state index in [9.17, 15) is 4.57 Å². The third-order valence-electron chi connectivity index (χ3n) is 1.31. The maximum atomic E-state index is 10.0. The van der Waals surface area contributed by atoms with Crippen molar-refractivity contribution in [2.24, 2.45) is 0 Å². The molecule has 0 aliphatic rings. The molecule has 2 atom stereocenters. The first kappa shape index (κ1) is 13.4. The van der Waals surface area contributed by atoms with Crippen molar-refractivity contribution in [2.45, 2.75) is 39.2 Å². The van der Waals surface area contributed by atoms with Gasteiger partial charge >= 0.3 is 0 Å². The Bertz CT molecular complexity index is 80.1. The van der Waals surface area contributed by atoms with Crippen LogP contribution in [0.4, 0.5) is 0 Å². The molecule has 0 aromatic carbocycles. The monoisotopic (exact) mass is 214 g/mol. The summed E-state index contributed by atoms with van der Waals surface area (Å²) < 4.78 is 15.0. The van der Waals surface area contributed by atoms with Crippen molar-refractivity contribution in [2.75, 3.05) is 0 Å². The van der Waals surface area contributed by atoms with Gasteiger partial charge in [0.15, 0.2) is 8.69 Å². The first-order valence-corrected chi connectivity index (χ1v) is 4.38. The minimum absolute atomic E-state index is 0. The standard InChI is InChI=1S/C6H15O2P.Zn/c1-3-5-6(4-2)8-9-7;/h6H,3-5,9H2,1-2H3;. The summed E-state index contributed by atoms with van der Waals surface area (Å²) in [5, 5.41) is 0. The molecule has 0 N–H and O–H groups in total. The van der Waals surface area contributed by atoms with Crippen molar-refractivity contribution in [3.8, 4) is 0 Å². The Kier molecular flexibility index (Phi) is 13.2. The van der Waals surface area contributed by atoms with Gasteiger partial charge < -0.3 is 4.52 Å². The van der Waals surface area contributed by atoms with Crippen LogP contribution in [-0.2, 0) is 28.6 Å². The van der Waals surface area contributed by atoms with Gasteiger partial charge in [-0.2, -0.15) is 0 Å². The zero-order valence-corrected chi connectivity index (χ0v) is 10.9. The summed E-state index contributed by atoms with van der Waals surface area (Å²) in [5.41, 5.74) is 0. The first-order valence-electron chi connectivity index (χ1n) is 3.44. The predicted molar refractivity (Wildman–Crippen MR) is 40.5 cm³/mol. The quantitative estimate of drug-likeness (QED) is 0.519. The SMILES string of the molecule is CCCC(CC)O[PH2]=O.[Zn]. The molecule has 10 heavy (non-hydrogen) atoms. The molecular weight excluding hydrogens is 200 g/mol. The van der Waals surface area contributed by atoms with Gasteiger partial charge in [0.1, 0.15) is 0 Å². The molecule has 0 amide bonds. The maximum absolute atomic E-state index is 10.0. The Balaban J connectivity index is 0. The van der Waals surface area contributed by atoms with Crippen molar-refractivity contribution in [3.05, 3.63) is 0 Å². The molecule has 0 spiro atoms. The molecule has 0 aliphatic carbocycles. The average Bonchev–Trinajstić information content (AvgIpc) is 1.88. The number of hydrogen-bond donors (Lipinski definition) is 0. The van der Waals surface area contributed by atoms with E-state index in [1.54, 1.807) is 0 Å². The van der Waals surface area contributed by atoms with Crippen LogP contribution in [0.15, 0.2) is 0 Å². The minimum Gasteiger partial charge on any atom is -0.329 e. The van der Waals surface area contributed by atoms with E-state index in [0.29, 0.717) is 0 Å². The summed E-state index contributed by atoms with van der Waals surface area (Å²) in [7, 11) is -1.01. The van der Waals surface area contributed by atoms with Crippen LogP contribution in [-0.4, -0.2) is 6.10 Å². The van der Waals surface area contributed by atoms with E-state index in [1.807, 2.05) is 0 Å². The van der Waals surface area contributed by atoms with Crippen LogP contribution >= 0.6 is 8.69 Å². The van der Waals surface area contributed by atoms with Crippen molar-refractivity contribution in [3.63, 3.8) is 0 Å². The van der Waals surface area contributed by atoms with Gasteiger partial charge in [-0.25, -0.2) is 0 Å². The molecule has 0 aromatic rings. The fourth-order valence-corrected chi connectivity index (χ4v) is 1.25. The van der Waals surface area contributed by atoms with Crippen molar-refractivity contribution >= 4 is 8.69 Å². The second-order valence-electron chi connectivity index (χ2n) is 2.05. The zero-order chi connectivity index (χ0) is 7.11. The molecule has 58 valence electrons. The maximum Gasteiger partial charge on any atom is 0.180 e. The molecule has 0 aromatic heterocycles. The third-order valence-corrected chi connectivity index (χ3v) is 1.81. The molecule has 0 saturated carbocycles. The van der Waals surface area contributed by atoms with Gasteiger partial charge in [0, 0.05) is 19.5 Å². The van der Waals surface area contributed by atoms with Crippen LogP contribution < -0.4 is 0 Å². The molecule has 0 rings (SSSR count). The Morgan fingerprint density at radius 2 is 2.10 bits per heavy atom. The Hall–Kier alpha value is 0.813. The van der Waals surface area contributed by atoms with Crippen LogP contribution in [0.2, 0.25) is 0 Å². The topological polar surface area (TPSA) is 26.3 Å². The molecular formula is C6H15O2PZn. The second kappa shape index (κ2) is 9.81. The third kappa shape index (κ3) is 6.93. The van der Waals surface area contributed by atoms with Crippen LogP contribution in [0.5, 0.6) is 0 Å². The van der Waals surface area contributed by atoms with Gasteiger partial charge in [0.05, 0.1) is 6.10 Å². The Morgan fingerprint density at radius 3 is 2.40 bits per heavy atom. The van der Waals surface area contributed by atoms with Gasteiger partial charge in [0.25, 0.3) is 0 Å². The van der Waals surface area contributed by atoms with Gasteiger partial charge in [-0.3, -0.25) is 4.57 Å². The van der Waals surface area contributed by atoms with E-state index in [1.165, 1.54) is 0 Å². The largest absolute Gasteiger partial charge is 0.329 e. The van der Waals surface area contributed by atoms with E-state index in [4.69, 9.17) is 4.52 Å². The van der Waals surface area contributed by atoms with Gasteiger partial charge in [-0.1, -0.05) is 20.3 Å². The smallest absolute Gasteiger partial charge is 0.180 e. The predicted octanol–water partition coefficient (Wildman–Crippen LogP) is 2.25. The van der Waals surface area contributed by atoms with Crippen molar-refractivity contribution in [1.29, 1.82) is 0 Å². The molecule has 4 heteroatoms. The first-order chi connectivity index (χ1) is 4.35. The summed E-state index contributed by atoms with van der Waals surface area (Å²) in [4.78, 5) is 0. The normalized spacial score (nSPS) is 13.4. The molecule has 0 saturated heterocycles. The van der Waals surface area contributed by atoms with Gasteiger partial charge in [0.2, 0.25) is 0 Å². The van der Waals surface area contributed by atoms with Crippen LogP contribution in [0.1, 0.15) is 33.1 Å². The fraction of sp³-hybridized carbons (Fsp3) is 1.00. The van der Waals surface area contributed by atoms with E-state index >= 15 is 0 Å². The Labute approximate surface area is 76.8 Å². The number of rotatable bonds is 5. The van der Waals surface area contributed by atoms with Crippen LogP contribution in [0.25, 0.3) is 0 Å². The summed E-state index contributed by atoms with van der Waals surface area (Å²) in [6.45, 7) is 4.15. The fourth-order valence-electron chi connectivity index (χ4n) is 0.769. The van der Waals surface area contributed by atoms with Crippen LogP contribution in [0.3, 0.4) is 0 Å². The van der Waals surface area contributed by atoms with Crippen molar-refractivity contribution < 1.29 is 28.6 Å². The van der Waals surface area contributed by atoms with E-state index in [2.05, 4.69) is 13.8 Å². The summed E-state index contributed by atoms with van der Waals surface area (Å²) in [6, 6.07) is 0. The van der Waals surface area contributed by atoms with Gasteiger partial charge in [-0.15, -0.1) is 0 Å². The van der Waals surface area contributed by atoms with E-state index in [-0.39, 0.29) is 25.6 Å². The minimum atomic E-state index is -1.01. The van der Waals surface area contributed by atoms with Gasteiger partial charge in [-0.05, 0) is 12.8 Å². The van der Waals surface area contributed by atoms with Crippen molar-refractivity contribution in [1.82, 2.24) is 0 Å². The number of hydrogen-bond acceptors (Lipinski definition) is 2. The molecule has 2 unspecified atom stereocenters. The molecule has 0 heterocycles. The molecule has 2 nitrogen and oxygen atoms in total.